The molecule has 1 aliphatic heterocycles. The third-order valence-electron chi connectivity index (χ3n) is 3.75. The minimum Gasteiger partial charge on any atom is -0.388 e. The monoisotopic (exact) mass is 352 g/mol. The van der Waals surface area contributed by atoms with Crippen molar-refractivity contribution in [3.8, 4) is 0 Å². The predicted molar refractivity (Wildman–Crippen MR) is 86.7 cm³/mol. The third-order valence-corrected chi connectivity index (χ3v) is 4.01. The first kappa shape index (κ1) is 16.7. The molecule has 1 aromatic heterocycles. The smallest absolute Gasteiger partial charge is 0.319 e. The average Bonchev–Trinajstić information content (AvgIpc) is 3.18. The van der Waals surface area contributed by atoms with Crippen molar-refractivity contribution in [3.63, 3.8) is 0 Å². The Morgan fingerprint density at radius 3 is 2.71 bits per heavy atom. The van der Waals surface area contributed by atoms with Crippen LogP contribution in [0.15, 0.2) is 36.8 Å². The Bertz CT molecular complexity index is 679. The fraction of sp³-hybridized carbons (Fsp3) is 0.333. The lowest BCUT2D eigenvalue weighted by Gasteiger charge is -2.15. The number of hydrogen-bond donors (Lipinski definition) is 5. The molecule has 2 aromatic rings. The standard InChI is InChI=1S/C15H17ClN4O4/c16-8-1-3-9(4-2-8)20-15(23)18-6-11-12(21)13(22)14(24-11)10-5-17-7-19-10/h1-5,7,11-14,21-22H,6H2,(H,17,19)(H2,18,20,23)/t11-,12-,13+,14-/m0/s1. The Kier molecular flexibility index (Phi) is 5.00. The number of aromatic amines is 1. The molecule has 0 bridgehead atoms. The number of aliphatic hydroxyl groups excluding tert-OH is 2. The molecule has 128 valence electrons. The number of aromatic nitrogens is 2. The molecule has 2 heterocycles. The third kappa shape index (κ3) is 3.68. The second-order valence-corrected chi connectivity index (χ2v) is 5.86. The molecule has 24 heavy (non-hydrogen) atoms. The number of amides is 2. The van der Waals surface area contributed by atoms with Crippen LogP contribution in [0.2, 0.25) is 5.02 Å². The van der Waals surface area contributed by atoms with Crippen molar-refractivity contribution in [1.82, 2.24) is 15.3 Å². The molecule has 8 nitrogen and oxygen atoms in total. The summed E-state index contributed by atoms with van der Waals surface area (Å²) in [5, 5.41) is 25.9. The maximum absolute atomic E-state index is 11.9. The summed E-state index contributed by atoms with van der Waals surface area (Å²) in [6.07, 6.45) is -0.685. The van der Waals surface area contributed by atoms with Gasteiger partial charge in [-0.3, -0.25) is 0 Å². The number of halogens is 1. The number of nitrogens with one attached hydrogen (secondary N) is 3. The van der Waals surface area contributed by atoms with E-state index in [1.54, 1.807) is 24.3 Å². The summed E-state index contributed by atoms with van der Waals surface area (Å²) in [4.78, 5) is 18.6. The lowest BCUT2D eigenvalue weighted by Crippen LogP contribution is -2.41. The molecule has 4 atom stereocenters. The van der Waals surface area contributed by atoms with Crippen LogP contribution in [0.25, 0.3) is 0 Å². The van der Waals surface area contributed by atoms with Gasteiger partial charge in [-0.15, -0.1) is 0 Å². The van der Waals surface area contributed by atoms with Crippen LogP contribution in [-0.4, -0.2) is 51.1 Å². The molecule has 0 radical (unpaired) electrons. The number of rotatable bonds is 4. The molecular formula is C15H17ClN4O4. The predicted octanol–water partition coefficient (Wildman–Crippen LogP) is 1.05. The number of H-pyrrole nitrogens is 1. The number of benzene rings is 1. The fourth-order valence-corrected chi connectivity index (χ4v) is 2.62. The van der Waals surface area contributed by atoms with Gasteiger partial charge in [0.1, 0.15) is 24.4 Å². The number of urea groups is 1. The summed E-state index contributed by atoms with van der Waals surface area (Å²) >= 11 is 5.78. The van der Waals surface area contributed by atoms with Crippen molar-refractivity contribution in [2.24, 2.45) is 0 Å². The van der Waals surface area contributed by atoms with Crippen LogP contribution in [0.5, 0.6) is 0 Å². The summed E-state index contributed by atoms with van der Waals surface area (Å²) in [6.45, 7) is 0.0439. The highest BCUT2D eigenvalue weighted by molar-refractivity contribution is 6.30. The SMILES string of the molecule is O=C(NC[C@@H]1O[C@@H](c2cnc[nH]2)[C@H](O)[C@H]1O)Nc1ccc(Cl)cc1. The van der Waals surface area contributed by atoms with E-state index in [4.69, 9.17) is 16.3 Å². The van der Waals surface area contributed by atoms with Crippen LogP contribution in [0.1, 0.15) is 11.8 Å². The van der Waals surface area contributed by atoms with Gasteiger partial charge in [0.2, 0.25) is 0 Å². The number of anilines is 1. The molecule has 2 amide bonds. The van der Waals surface area contributed by atoms with Crippen molar-refractivity contribution >= 4 is 23.3 Å². The highest BCUT2D eigenvalue weighted by Gasteiger charge is 2.43. The van der Waals surface area contributed by atoms with E-state index in [2.05, 4.69) is 20.6 Å². The van der Waals surface area contributed by atoms with Gasteiger partial charge in [0, 0.05) is 17.3 Å². The Labute approximate surface area is 142 Å². The van der Waals surface area contributed by atoms with Crippen molar-refractivity contribution in [3.05, 3.63) is 47.5 Å². The van der Waals surface area contributed by atoms with Gasteiger partial charge in [-0.2, -0.15) is 0 Å². The Hall–Kier alpha value is -2.13. The Morgan fingerprint density at radius 1 is 1.29 bits per heavy atom. The van der Waals surface area contributed by atoms with E-state index in [0.29, 0.717) is 16.4 Å². The summed E-state index contributed by atoms with van der Waals surface area (Å²) in [5.41, 5.74) is 1.15. The summed E-state index contributed by atoms with van der Waals surface area (Å²) in [5.74, 6) is 0. The molecule has 1 saturated heterocycles. The highest BCUT2D eigenvalue weighted by atomic mass is 35.5. The zero-order chi connectivity index (χ0) is 17.1. The average molecular weight is 353 g/mol. The zero-order valence-corrected chi connectivity index (χ0v) is 13.3. The molecule has 3 rings (SSSR count). The van der Waals surface area contributed by atoms with Crippen molar-refractivity contribution in [2.75, 3.05) is 11.9 Å². The number of nitrogens with zero attached hydrogens (tertiary/aromatic N) is 1. The number of aliphatic hydroxyl groups is 2. The first-order valence-corrected chi connectivity index (χ1v) is 7.72. The van der Waals surface area contributed by atoms with Crippen LogP contribution >= 0.6 is 11.6 Å². The van der Waals surface area contributed by atoms with E-state index in [0.717, 1.165) is 0 Å². The van der Waals surface area contributed by atoms with E-state index >= 15 is 0 Å². The second kappa shape index (κ2) is 7.18. The normalized spacial score (nSPS) is 26.3. The number of imidazole rings is 1. The molecular weight excluding hydrogens is 336 g/mol. The van der Waals surface area contributed by atoms with E-state index in [1.807, 2.05) is 0 Å². The first-order chi connectivity index (χ1) is 11.5. The minimum absolute atomic E-state index is 0.0439. The van der Waals surface area contributed by atoms with Crippen molar-refractivity contribution in [2.45, 2.75) is 24.4 Å². The second-order valence-electron chi connectivity index (χ2n) is 5.43. The molecule has 1 aliphatic rings. The molecule has 0 saturated carbocycles. The number of hydrogen-bond acceptors (Lipinski definition) is 5. The van der Waals surface area contributed by atoms with Gasteiger partial charge in [0.15, 0.2) is 0 Å². The molecule has 0 spiro atoms. The van der Waals surface area contributed by atoms with E-state index in [-0.39, 0.29) is 6.54 Å². The lowest BCUT2D eigenvalue weighted by molar-refractivity contribution is 0.00709. The van der Waals surface area contributed by atoms with Crippen LogP contribution in [0.3, 0.4) is 0 Å². The van der Waals surface area contributed by atoms with Crippen molar-refractivity contribution in [1.29, 1.82) is 0 Å². The quantitative estimate of drug-likeness (QED) is 0.563. The summed E-state index contributed by atoms with van der Waals surface area (Å²) in [7, 11) is 0. The topological polar surface area (TPSA) is 120 Å². The molecule has 1 aromatic carbocycles. The molecule has 1 fully saturated rings. The minimum atomic E-state index is -1.12. The van der Waals surface area contributed by atoms with Crippen LogP contribution in [-0.2, 0) is 4.74 Å². The number of carbonyl (C=O) groups excluding carboxylic acids is 1. The molecule has 5 N–H and O–H groups in total. The summed E-state index contributed by atoms with van der Waals surface area (Å²) < 4.78 is 5.62. The largest absolute Gasteiger partial charge is 0.388 e. The van der Waals surface area contributed by atoms with Gasteiger partial charge in [-0.25, -0.2) is 9.78 Å². The van der Waals surface area contributed by atoms with Gasteiger partial charge in [0.05, 0.1) is 18.2 Å². The summed E-state index contributed by atoms with van der Waals surface area (Å²) in [6, 6.07) is 6.20. The number of carbonyl (C=O) groups is 1. The van der Waals surface area contributed by atoms with E-state index in [9.17, 15) is 15.0 Å². The number of ether oxygens (including phenoxy) is 1. The zero-order valence-electron chi connectivity index (χ0n) is 12.5. The molecule has 0 unspecified atom stereocenters. The molecule has 9 heteroatoms. The Balaban J connectivity index is 1.52. The highest BCUT2D eigenvalue weighted by Crippen LogP contribution is 2.32. The van der Waals surface area contributed by atoms with Gasteiger partial charge in [-0.05, 0) is 24.3 Å². The fourth-order valence-electron chi connectivity index (χ4n) is 2.50. The van der Waals surface area contributed by atoms with Crippen molar-refractivity contribution < 1.29 is 19.7 Å². The van der Waals surface area contributed by atoms with Gasteiger partial charge in [-0.1, -0.05) is 11.6 Å². The van der Waals surface area contributed by atoms with Gasteiger partial charge < -0.3 is 30.6 Å². The van der Waals surface area contributed by atoms with Gasteiger partial charge >= 0.3 is 6.03 Å². The lowest BCUT2D eigenvalue weighted by atomic mass is 10.1. The van der Waals surface area contributed by atoms with Crippen LogP contribution in [0.4, 0.5) is 10.5 Å². The van der Waals surface area contributed by atoms with E-state index in [1.165, 1.54) is 12.5 Å². The van der Waals surface area contributed by atoms with Crippen LogP contribution < -0.4 is 10.6 Å². The van der Waals surface area contributed by atoms with Crippen LogP contribution in [0, 0.1) is 0 Å². The first-order valence-electron chi connectivity index (χ1n) is 7.35. The Morgan fingerprint density at radius 2 is 2.04 bits per heavy atom. The maximum atomic E-state index is 11.9. The molecule has 0 aliphatic carbocycles. The maximum Gasteiger partial charge on any atom is 0.319 e. The van der Waals surface area contributed by atoms with E-state index < -0.39 is 30.4 Å². The van der Waals surface area contributed by atoms with Gasteiger partial charge in [0.25, 0.3) is 0 Å².